The number of nitrogens with one attached hydrogen (secondary N) is 1. The smallest absolute Gasteiger partial charge is 0.234 e. The molecule has 1 aromatic rings. The maximum atomic E-state index is 12.7. The monoisotopic (exact) mass is 250 g/mol. The lowest BCUT2D eigenvalue weighted by atomic mass is 10.1. The van der Waals surface area contributed by atoms with Gasteiger partial charge in [-0.05, 0) is 24.3 Å². The maximum Gasteiger partial charge on any atom is 0.234 e. The fourth-order valence-corrected chi connectivity index (χ4v) is 1.92. The Morgan fingerprint density at radius 3 is 2.72 bits per heavy atom. The number of piperazine rings is 1. The van der Waals surface area contributed by atoms with Crippen molar-refractivity contribution >= 4 is 11.7 Å². The van der Waals surface area contributed by atoms with E-state index in [1.54, 1.807) is 0 Å². The molecule has 0 spiro atoms. The highest BCUT2D eigenvalue weighted by atomic mass is 19.1. The zero-order valence-electron chi connectivity index (χ0n) is 9.99. The van der Waals surface area contributed by atoms with Gasteiger partial charge in [0.2, 0.25) is 5.91 Å². The van der Waals surface area contributed by atoms with Crippen LogP contribution in [0.2, 0.25) is 0 Å². The van der Waals surface area contributed by atoms with E-state index in [0.29, 0.717) is 31.6 Å². The van der Waals surface area contributed by atoms with Crippen LogP contribution in [0.5, 0.6) is 0 Å². The minimum Gasteiger partial charge on any atom is -0.354 e. The number of hydrogen-bond acceptors (Lipinski definition) is 3. The molecule has 0 atom stereocenters. The van der Waals surface area contributed by atoms with E-state index in [0.717, 1.165) is 6.54 Å². The summed E-state index contributed by atoms with van der Waals surface area (Å²) in [5, 5.41) is 2.73. The van der Waals surface area contributed by atoms with E-state index < -0.39 is 0 Å². The number of ketones is 1. The Hall–Kier alpha value is -1.75. The number of nitrogens with zero attached hydrogens (tertiary/aromatic N) is 1. The number of halogens is 1. The summed E-state index contributed by atoms with van der Waals surface area (Å²) in [5.74, 6) is -0.379. The molecule has 1 aliphatic heterocycles. The van der Waals surface area contributed by atoms with Gasteiger partial charge in [-0.2, -0.15) is 0 Å². The van der Waals surface area contributed by atoms with Crippen molar-refractivity contribution in [2.45, 2.75) is 6.42 Å². The van der Waals surface area contributed by atoms with Gasteiger partial charge in [0.25, 0.3) is 0 Å². The molecular weight excluding hydrogens is 235 g/mol. The first-order chi connectivity index (χ1) is 8.65. The lowest BCUT2D eigenvalue weighted by Crippen LogP contribution is -2.48. The number of amides is 1. The third-order valence-electron chi connectivity index (χ3n) is 2.94. The molecule has 18 heavy (non-hydrogen) atoms. The first kappa shape index (κ1) is 12.7. The molecule has 1 heterocycles. The lowest BCUT2D eigenvalue weighted by molar-refractivity contribution is -0.124. The van der Waals surface area contributed by atoms with Crippen molar-refractivity contribution in [3.8, 4) is 0 Å². The van der Waals surface area contributed by atoms with Gasteiger partial charge >= 0.3 is 0 Å². The van der Waals surface area contributed by atoms with Gasteiger partial charge < -0.3 is 5.32 Å². The summed E-state index contributed by atoms with van der Waals surface area (Å²) in [6.07, 6.45) is 0.346. The first-order valence-electron chi connectivity index (χ1n) is 5.93. The van der Waals surface area contributed by atoms with E-state index in [9.17, 15) is 14.0 Å². The second-order valence-corrected chi connectivity index (χ2v) is 4.31. The highest BCUT2D eigenvalue weighted by Gasteiger charge is 2.17. The zero-order chi connectivity index (χ0) is 13.0. The van der Waals surface area contributed by atoms with Gasteiger partial charge in [-0.25, -0.2) is 4.39 Å². The second-order valence-electron chi connectivity index (χ2n) is 4.31. The van der Waals surface area contributed by atoms with Crippen LogP contribution in [0.25, 0.3) is 0 Å². The van der Waals surface area contributed by atoms with Gasteiger partial charge in [0.15, 0.2) is 5.78 Å². The molecule has 1 saturated heterocycles. The molecule has 0 bridgehead atoms. The minimum atomic E-state index is -0.348. The number of benzene rings is 1. The van der Waals surface area contributed by atoms with E-state index in [-0.39, 0.29) is 17.5 Å². The molecule has 0 saturated carbocycles. The Balaban J connectivity index is 1.84. The lowest BCUT2D eigenvalue weighted by Gasteiger charge is -2.25. The average molecular weight is 250 g/mol. The Labute approximate surface area is 105 Å². The molecule has 4 nitrogen and oxygen atoms in total. The normalized spacial score (nSPS) is 16.4. The van der Waals surface area contributed by atoms with Gasteiger partial charge in [0.1, 0.15) is 5.82 Å². The van der Waals surface area contributed by atoms with Gasteiger partial charge in [0.05, 0.1) is 6.54 Å². The number of carbonyl (C=O) groups is 2. The first-order valence-corrected chi connectivity index (χ1v) is 5.93. The Bertz CT molecular complexity index is 445. The predicted molar refractivity (Wildman–Crippen MR) is 64.8 cm³/mol. The van der Waals surface area contributed by atoms with Crippen LogP contribution >= 0.6 is 0 Å². The van der Waals surface area contributed by atoms with Crippen LogP contribution in [-0.4, -0.2) is 42.8 Å². The van der Waals surface area contributed by atoms with E-state index >= 15 is 0 Å². The quantitative estimate of drug-likeness (QED) is 0.805. The molecular formula is C13H15FN2O2. The number of carbonyl (C=O) groups excluding carboxylic acids is 2. The van der Waals surface area contributed by atoms with E-state index in [2.05, 4.69) is 5.32 Å². The Morgan fingerprint density at radius 2 is 2.06 bits per heavy atom. The van der Waals surface area contributed by atoms with Crippen molar-refractivity contribution in [3.05, 3.63) is 35.6 Å². The molecule has 1 fully saturated rings. The molecule has 96 valence electrons. The van der Waals surface area contributed by atoms with Crippen LogP contribution in [0.3, 0.4) is 0 Å². The summed E-state index contributed by atoms with van der Waals surface area (Å²) < 4.78 is 12.7. The molecule has 0 unspecified atom stereocenters. The fraction of sp³-hybridized carbons (Fsp3) is 0.385. The van der Waals surface area contributed by atoms with E-state index in [1.165, 1.54) is 24.3 Å². The van der Waals surface area contributed by atoms with Crippen LogP contribution in [-0.2, 0) is 4.79 Å². The van der Waals surface area contributed by atoms with Crippen LogP contribution in [0.1, 0.15) is 16.8 Å². The van der Waals surface area contributed by atoms with Gasteiger partial charge in [-0.15, -0.1) is 0 Å². The third-order valence-corrected chi connectivity index (χ3v) is 2.94. The Morgan fingerprint density at radius 1 is 1.33 bits per heavy atom. The summed E-state index contributed by atoms with van der Waals surface area (Å²) in [6.45, 7) is 2.30. The van der Waals surface area contributed by atoms with Crippen LogP contribution in [0.4, 0.5) is 4.39 Å². The molecule has 0 aliphatic carbocycles. The average Bonchev–Trinajstić information content (AvgIpc) is 2.37. The summed E-state index contributed by atoms with van der Waals surface area (Å²) in [4.78, 5) is 24.9. The molecule has 2 rings (SSSR count). The van der Waals surface area contributed by atoms with Crippen molar-refractivity contribution < 1.29 is 14.0 Å². The second kappa shape index (κ2) is 5.73. The highest BCUT2D eigenvalue weighted by Crippen LogP contribution is 2.07. The highest BCUT2D eigenvalue weighted by molar-refractivity contribution is 5.96. The summed E-state index contributed by atoms with van der Waals surface area (Å²) in [7, 11) is 0. The molecule has 1 aromatic carbocycles. The molecule has 0 radical (unpaired) electrons. The SMILES string of the molecule is O=C1CN(CCC(=O)c2ccc(F)cc2)CCN1. The van der Waals surface area contributed by atoms with Crippen LogP contribution in [0.15, 0.2) is 24.3 Å². The number of hydrogen-bond donors (Lipinski definition) is 1. The number of rotatable bonds is 4. The van der Waals surface area contributed by atoms with Crippen molar-refractivity contribution in [2.24, 2.45) is 0 Å². The molecule has 0 aromatic heterocycles. The van der Waals surface area contributed by atoms with Crippen molar-refractivity contribution in [1.29, 1.82) is 0 Å². The standard InChI is InChI=1S/C13H15FN2O2/c14-11-3-1-10(2-4-11)12(17)5-7-16-8-6-15-13(18)9-16/h1-4H,5-9H2,(H,15,18). The molecule has 1 N–H and O–H groups in total. The van der Waals surface area contributed by atoms with Gasteiger partial charge in [-0.1, -0.05) is 0 Å². The van der Waals surface area contributed by atoms with Gasteiger partial charge in [0, 0.05) is 31.6 Å². The minimum absolute atomic E-state index is 0.00418. The molecule has 5 heteroatoms. The fourth-order valence-electron chi connectivity index (χ4n) is 1.92. The number of Topliss-reactive ketones (excluding diaryl/α,β-unsaturated/α-hetero) is 1. The van der Waals surface area contributed by atoms with E-state index in [4.69, 9.17) is 0 Å². The van der Waals surface area contributed by atoms with Crippen molar-refractivity contribution in [3.63, 3.8) is 0 Å². The van der Waals surface area contributed by atoms with Crippen LogP contribution < -0.4 is 5.32 Å². The topological polar surface area (TPSA) is 49.4 Å². The largest absolute Gasteiger partial charge is 0.354 e. The summed E-state index contributed by atoms with van der Waals surface area (Å²) in [5.41, 5.74) is 0.512. The molecule has 1 aliphatic rings. The van der Waals surface area contributed by atoms with Gasteiger partial charge in [-0.3, -0.25) is 14.5 Å². The predicted octanol–water partition coefficient (Wildman–Crippen LogP) is 0.830. The molecule has 1 amide bonds. The van der Waals surface area contributed by atoms with Crippen LogP contribution in [0, 0.1) is 5.82 Å². The van der Waals surface area contributed by atoms with Crippen molar-refractivity contribution in [1.82, 2.24) is 10.2 Å². The summed E-state index contributed by atoms with van der Waals surface area (Å²) >= 11 is 0. The van der Waals surface area contributed by atoms with Crippen molar-refractivity contribution in [2.75, 3.05) is 26.2 Å². The Kier molecular flexibility index (Phi) is 4.04. The third kappa shape index (κ3) is 3.37. The van der Waals surface area contributed by atoms with E-state index in [1.807, 2.05) is 4.90 Å². The zero-order valence-corrected chi connectivity index (χ0v) is 9.99. The maximum absolute atomic E-state index is 12.7. The summed E-state index contributed by atoms with van der Waals surface area (Å²) in [6, 6.07) is 5.53.